The number of aliphatic hydroxyl groups is 3. The number of benzene rings is 1. The highest BCUT2D eigenvalue weighted by molar-refractivity contribution is 14.1. The van der Waals surface area contributed by atoms with E-state index in [-0.39, 0.29) is 23.3 Å². The number of phenolic OH excluding ortho intramolecular Hbond substituents is 1. The molecule has 1 aromatic carbocycles. The molecule has 4 rings (SSSR count). The monoisotopic (exact) mass is 542 g/mol. The van der Waals surface area contributed by atoms with Gasteiger partial charge in [0.25, 0.3) is 0 Å². The molecule has 6 atom stereocenters. The van der Waals surface area contributed by atoms with E-state index in [4.69, 9.17) is 5.73 Å². The van der Waals surface area contributed by atoms with E-state index < -0.39 is 58.7 Å². The number of aliphatic hydroxyl groups excluding tert-OH is 2. The maximum absolute atomic E-state index is 13.3. The standard InChI is InChI=1S/C21H23IN2O7/c1-24(2)15-9-6-7-5-8-10(22)3-4-11(25)13(8)16(26)12(7)18(28)21(9,31)19(29)14(17(15)27)20(23)30/h3-4,7,9,14-15,17,25,27-28,31H,5-6H2,1-2H3,(H2,23,30)/t7-,9-,14?,15-,17?,21-/m0/s1. The third-order valence-corrected chi connectivity index (χ3v) is 7.93. The zero-order chi connectivity index (χ0) is 23.0. The number of rotatable bonds is 2. The van der Waals surface area contributed by atoms with Gasteiger partial charge in [0.15, 0.2) is 17.2 Å². The lowest BCUT2D eigenvalue weighted by atomic mass is 9.56. The molecule has 166 valence electrons. The van der Waals surface area contributed by atoms with Crippen molar-refractivity contribution >= 4 is 40.1 Å². The number of carbonyl (C=O) groups is 3. The van der Waals surface area contributed by atoms with Gasteiger partial charge in [0.1, 0.15) is 17.4 Å². The highest BCUT2D eigenvalue weighted by Crippen LogP contribution is 2.52. The minimum atomic E-state index is -2.55. The molecule has 6 N–H and O–H groups in total. The molecule has 1 saturated carbocycles. The predicted molar refractivity (Wildman–Crippen MR) is 116 cm³/mol. The van der Waals surface area contributed by atoms with Crippen LogP contribution in [0.4, 0.5) is 0 Å². The van der Waals surface area contributed by atoms with Crippen LogP contribution < -0.4 is 5.73 Å². The van der Waals surface area contributed by atoms with Crippen LogP contribution >= 0.6 is 22.6 Å². The third-order valence-electron chi connectivity index (χ3n) is 6.92. The van der Waals surface area contributed by atoms with Crippen LogP contribution in [0.15, 0.2) is 23.5 Å². The smallest absolute Gasteiger partial charge is 0.230 e. The Balaban J connectivity index is 1.95. The first-order valence-corrected chi connectivity index (χ1v) is 10.9. The van der Waals surface area contributed by atoms with Gasteiger partial charge in [-0.15, -0.1) is 0 Å². The number of ketones is 2. The molecule has 0 bridgehead atoms. The van der Waals surface area contributed by atoms with Crippen LogP contribution in [0, 0.1) is 21.3 Å². The van der Waals surface area contributed by atoms with Gasteiger partial charge in [-0.3, -0.25) is 14.4 Å². The zero-order valence-corrected chi connectivity index (χ0v) is 19.0. The maximum Gasteiger partial charge on any atom is 0.230 e. The van der Waals surface area contributed by atoms with Crippen molar-refractivity contribution in [2.45, 2.75) is 30.6 Å². The molecule has 0 heterocycles. The number of likely N-dealkylation sites (N-methyl/N-ethyl adjacent to an activating group) is 1. The van der Waals surface area contributed by atoms with Crippen molar-refractivity contribution in [1.29, 1.82) is 0 Å². The number of nitrogens with two attached hydrogens (primary N) is 1. The summed E-state index contributed by atoms with van der Waals surface area (Å²) in [6.07, 6.45) is -1.05. The average Bonchev–Trinajstić information content (AvgIpc) is 2.67. The van der Waals surface area contributed by atoms with Crippen molar-refractivity contribution in [3.63, 3.8) is 0 Å². The lowest BCUT2D eigenvalue weighted by molar-refractivity contribution is -0.178. The Morgan fingerprint density at radius 1 is 1.26 bits per heavy atom. The molecule has 31 heavy (non-hydrogen) atoms. The Labute approximate surface area is 191 Å². The van der Waals surface area contributed by atoms with E-state index in [0.717, 1.165) is 3.57 Å². The summed E-state index contributed by atoms with van der Waals surface area (Å²) in [5.41, 5.74) is 3.32. The van der Waals surface area contributed by atoms with Gasteiger partial charge >= 0.3 is 0 Å². The second-order valence-corrected chi connectivity index (χ2v) is 9.87. The fourth-order valence-electron chi connectivity index (χ4n) is 5.57. The van der Waals surface area contributed by atoms with E-state index >= 15 is 0 Å². The van der Waals surface area contributed by atoms with Crippen LogP contribution in [-0.4, -0.2) is 74.6 Å². The van der Waals surface area contributed by atoms with Gasteiger partial charge in [-0.05, 0) is 73.1 Å². The van der Waals surface area contributed by atoms with E-state index in [1.165, 1.54) is 6.07 Å². The molecule has 3 aliphatic carbocycles. The molecule has 0 spiro atoms. The maximum atomic E-state index is 13.3. The molecule has 1 aromatic rings. The van der Waals surface area contributed by atoms with Crippen molar-refractivity contribution in [1.82, 2.24) is 4.90 Å². The number of Topliss-reactive ketones (excluding diaryl/α,β-unsaturated/α-hetero) is 2. The summed E-state index contributed by atoms with van der Waals surface area (Å²) in [7, 11) is 3.25. The number of amides is 1. The molecular formula is C21H23IN2O7. The second-order valence-electron chi connectivity index (χ2n) is 8.71. The number of nitrogens with zero attached hydrogens (tertiary/aromatic N) is 1. The van der Waals surface area contributed by atoms with Crippen LogP contribution in [0.1, 0.15) is 22.3 Å². The summed E-state index contributed by atoms with van der Waals surface area (Å²) < 4.78 is 0.774. The molecule has 0 aliphatic heterocycles. The molecule has 3 aliphatic rings. The zero-order valence-electron chi connectivity index (χ0n) is 16.9. The summed E-state index contributed by atoms with van der Waals surface area (Å²) in [6, 6.07) is 2.19. The minimum Gasteiger partial charge on any atom is -0.508 e. The van der Waals surface area contributed by atoms with E-state index in [2.05, 4.69) is 22.6 Å². The van der Waals surface area contributed by atoms with Gasteiger partial charge in [0.05, 0.1) is 11.7 Å². The molecule has 1 fully saturated rings. The largest absolute Gasteiger partial charge is 0.508 e. The Morgan fingerprint density at radius 3 is 2.48 bits per heavy atom. The van der Waals surface area contributed by atoms with E-state index in [1.54, 1.807) is 25.1 Å². The van der Waals surface area contributed by atoms with Crippen LogP contribution in [-0.2, 0) is 16.0 Å². The SMILES string of the molecule is CN(C)[C@@H]1C(O)C(C(N)=O)C(=O)[C@@]2(O)C(O)=C3C(=O)c4c(O)ccc(I)c4C[C@H]3C[C@@H]12. The normalized spacial score (nSPS) is 35.0. The number of hydrogen-bond acceptors (Lipinski definition) is 8. The van der Waals surface area contributed by atoms with Gasteiger partial charge in [-0.1, -0.05) is 0 Å². The van der Waals surface area contributed by atoms with E-state index in [1.807, 2.05) is 0 Å². The van der Waals surface area contributed by atoms with Crippen LogP contribution in [0.25, 0.3) is 0 Å². The Kier molecular flexibility index (Phi) is 5.19. The molecule has 1 amide bonds. The average molecular weight is 542 g/mol. The second kappa shape index (κ2) is 7.26. The fraction of sp³-hybridized carbons (Fsp3) is 0.476. The summed E-state index contributed by atoms with van der Waals surface area (Å²) in [5, 5.41) is 43.7. The topological polar surface area (TPSA) is 161 Å². The molecule has 2 unspecified atom stereocenters. The number of phenols is 1. The minimum absolute atomic E-state index is 0.0330. The number of hydrogen-bond donors (Lipinski definition) is 5. The van der Waals surface area contributed by atoms with Crippen LogP contribution in [0.3, 0.4) is 0 Å². The van der Waals surface area contributed by atoms with Crippen molar-refractivity contribution in [3.05, 3.63) is 38.2 Å². The van der Waals surface area contributed by atoms with Crippen LogP contribution in [0.5, 0.6) is 5.75 Å². The highest BCUT2D eigenvalue weighted by Gasteiger charge is 2.66. The summed E-state index contributed by atoms with van der Waals surface area (Å²) in [5.74, 6) is -7.23. The number of fused-ring (bicyclic) bond motifs is 3. The van der Waals surface area contributed by atoms with Gasteiger partial charge in [-0.2, -0.15) is 0 Å². The Bertz CT molecular complexity index is 1050. The van der Waals surface area contributed by atoms with Gasteiger partial charge in [0.2, 0.25) is 5.91 Å². The van der Waals surface area contributed by atoms with Crippen LogP contribution in [0.2, 0.25) is 0 Å². The lowest BCUT2D eigenvalue weighted by Gasteiger charge is -2.53. The summed E-state index contributed by atoms with van der Waals surface area (Å²) in [6.45, 7) is 0. The van der Waals surface area contributed by atoms with E-state index in [9.17, 15) is 34.8 Å². The number of primary amides is 1. The highest BCUT2D eigenvalue weighted by atomic mass is 127. The van der Waals surface area contributed by atoms with Crippen molar-refractivity contribution < 1.29 is 34.8 Å². The van der Waals surface area contributed by atoms with Gasteiger partial charge in [-0.25, -0.2) is 0 Å². The summed E-state index contributed by atoms with van der Waals surface area (Å²) in [4.78, 5) is 40.0. The number of carbonyl (C=O) groups excluding carboxylic acids is 3. The lowest BCUT2D eigenvalue weighted by Crippen LogP contribution is -2.71. The number of allylic oxidation sites excluding steroid dienone is 1. The molecular weight excluding hydrogens is 519 g/mol. The third kappa shape index (κ3) is 2.88. The summed E-state index contributed by atoms with van der Waals surface area (Å²) >= 11 is 2.06. The first-order valence-electron chi connectivity index (χ1n) is 9.82. The Hall–Kier alpha value is -2.02. The van der Waals surface area contributed by atoms with Crippen molar-refractivity contribution in [2.24, 2.45) is 23.5 Å². The molecule has 0 radical (unpaired) electrons. The number of aromatic hydroxyl groups is 1. The molecule has 0 saturated heterocycles. The van der Waals surface area contributed by atoms with Crippen molar-refractivity contribution in [2.75, 3.05) is 14.1 Å². The first-order chi connectivity index (χ1) is 14.4. The molecule has 0 aromatic heterocycles. The molecule has 10 heteroatoms. The Morgan fingerprint density at radius 2 is 1.90 bits per heavy atom. The molecule has 9 nitrogen and oxygen atoms in total. The van der Waals surface area contributed by atoms with Crippen molar-refractivity contribution in [3.8, 4) is 5.75 Å². The fourth-order valence-corrected chi connectivity index (χ4v) is 6.24. The van der Waals surface area contributed by atoms with Gasteiger partial charge < -0.3 is 31.1 Å². The first kappa shape index (κ1) is 22.2. The quantitative estimate of drug-likeness (QED) is 0.256. The van der Waals surface area contributed by atoms with E-state index in [0.29, 0.717) is 12.0 Å². The van der Waals surface area contributed by atoms with Gasteiger partial charge in [0, 0.05) is 21.1 Å². The predicted octanol–water partition coefficient (Wildman–Crippen LogP) is -0.110. The number of halogens is 1.